The first kappa shape index (κ1) is 32.8. The van der Waals surface area contributed by atoms with Gasteiger partial charge >= 0.3 is 11.9 Å². The molecule has 0 saturated carbocycles. The lowest BCUT2D eigenvalue weighted by molar-refractivity contribution is -0.159. The third kappa shape index (κ3) is 11.3. The summed E-state index contributed by atoms with van der Waals surface area (Å²) in [6.07, 6.45) is 11.0. The van der Waals surface area contributed by atoms with E-state index in [2.05, 4.69) is 11.8 Å². The fourth-order valence-electron chi connectivity index (χ4n) is 5.69. The highest BCUT2D eigenvalue weighted by molar-refractivity contribution is 5.94. The molecule has 0 N–H and O–H groups in total. The van der Waals surface area contributed by atoms with Crippen LogP contribution in [0.3, 0.4) is 0 Å². The largest absolute Gasteiger partial charge is 0.462 e. The number of Topliss-reactive ketones (excluding diaryl/α,β-unsaturated/α-hetero) is 1. The molecule has 2 rings (SSSR count). The van der Waals surface area contributed by atoms with Crippen molar-refractivity contribution in [1.29, 1.82) is 0 Å². The summed E-state index contributed by atoms with van der Waals surface area (Å²) in [6.45, 7) is 8.68. The summed E-state index contributed by atoms with van der Waals surface area (Å²) >= 11 is 0. The number of carbonyl (C=O) groups is 5. The minimum absolute atomic E-state index is 0.0467. The Labute approximate surface area is 234 Å². The minimum Gasteiger partial charge on any atom is -0.462 e. The molecule has 0 spiro atoms. The van der Waals surface area contributed by atoms with E-state index in [-0.39, 0.29) is 55.3 Å². The third-order valence-electron chi connectivity index (χ3n) is 8.01. The van der Waals surface area contributed by atoms with Gasteiger partial charge in [-0.05, 0) is 78.6 Å². The lowest BCUT2D eigenvalue weighted by atomic mass is 9.86. The van der Waals surface area contributed by atoms with Gasteiger partial charge in [0.05, 0.1) is 5.41 Å². The number of ketones is 1. The van der Waals surface area contributed by atoms with Crippen LogP contribution in [0.2, 0.25) is 0 Å². The van der Waals surface area contributed by atoms with Gasteiger partial charge in [0.15, 0.2) is 0 Å². The summed E-state index contributed by atoms with van der Waals surface area (Å²) in [5.74, 6) is -0.746. The van der Waals surface area contributed by atoms with Gasteiger partial charge < -0.3 is 19.3 Å². The number of nitrogens with zero attached hydrogens (tertiary/aromatic N) is 2. The minimum atomic E-state index is -0.708. The predicted octanol–water partition coefficient (Wildman–Crippen LogP) is 4.59. The third-order valence-corrected chi connectivity index (χ3v) is 8.01. The highest BCUT2D eigenvalue weighted by Crippen LogP contribution is 2.29. The number of esters is 2. The molecule has 2 amide bonds. The van der Waals surface area contributed by atoms with E-state index in [0.717, 1.165) is 77.3 Å². The molecule has 0 aliphatic carbocycles. The van der Waals surface area contributed by atoms with Crippen molar-refractivity contribution in [3.63, 3.8) is 0 Å². The molecule has 2 heterocycles. The average molecular weight is 551 g/mol. The summed E-state index contributed by atoms with van der Waals surface area (Å²) in [4.78, 5) is 64.4. The van der Waals surface area contributed by atoms with Crippen LogP contribution >= 0.6 is 0 Å². The summed E-state index contributed by atoms with van der Waals surface area (Å²) in [7, 11) is 0. The second-order valence-electron chi connectivity index (χ2n) is 11.7. The zero-order chi connectivity index (χ0) is 28.8. The first-order valence-corrected chi connectivity index (χ1v) is 15.0. The van der Waals surface area contributed by atoms with Crippen molar-refractivity contribution >= 4 is 29.5 Å². The van der Waals surface area contributed by atoms with Crippen LogP contribution in [-0.4, -0.2) is 77.7 Å². The van der Waals surface area contributed by atoms with Crippen LogP contribution in [0.5, 0.6) is 0 Å². The Hall–Kier alpha value is -2.45. The van der Waals surface area contributed by atoms with Crippen LogP contribution in [0.25, 0.3) is 0 Å². The maximum atomic E-state index is 12.9. The van der Waals surface area contributed by atoms with E-state index in [1.165, 1.54) is 6.92 Å². The lowest BCUT2D eigenvalue weighted by Gasteiger charge is -2.33. The highest BCUT2D eigenvalue weighted by atomic mass is 16.6. The van der Waals surface area contributed by atoms with E-state index in [1.54, 1.807) is 0 Å². The van der Waals surface area contributed by atoms with Crippen molar-refractivity contribution in [2.24, 2.45) is 5.41 Å². The molecule has 222 valence electrons. The summed E-state index contributed by atoms with van der Waals surface area (Å²) < 4.78 is 10.3. The normalized spacial score (nSPS) is 18.1. The van der Waals surface area contributed by atoms with Gasteiger partial charge in [0.2, 0.25) is 11.8 Å². The molecule has 0 aromatic rings. The summed E-state index contributed by atoms with van der Waals surface area (Å²) in [5.41, 5.74) is -0.708. The van der Waals surface area contributed by atoms with Crippen LogP contribution in [0, 0.1) is 5.41 Å². The van der Waals surface area contributed by atoms with Gasteiger partial charge in [-0.15, -0.1) is 0 Å². The van der Waals surface area contributed by atoms with Crippen molar-refractivity contribution in [3.8, 4) is 0 Å². The second kappa shape index (κ2) is 16.6. The van der Waals surface area contributed by atoms with Crippen molar-refractivity contribution in [2.45, 2.75) is 130 Å². The van der Waals surface area contributed by atoms with Crippen LogP contribution in [0.1, 0.15) is 118 Å². The molecule has 0 bridgehead atoms. The molecule has 2 aliphatic heterocycles. The van der Waals surface area contributed by atoms with Gasteiger partial charge in [0.25, 0.3) is 0 Å². The molecule has 9 heteroatoms. The van der Waals surface area contributed by atoms with Gasteiger partial charge in [-0.1, -0.05) is 19.8 Å². The van der Waals surface area contributed by atoms with E-state index in [0.29, 0.717) is 19.3 Å². The standard InChI is InChI=1S/C30H50N2O7/c1-5-24(31-19-11-16-27(31)35)12-9-13-25(32-18-8-6-7-15-26(32)34)14-10-17-30(3,4)29(37)39-21-20-38-28(36)22-23(2)33/h24-25H,5-22H2,1-4H3. The fraction of sp³-hybridized carbons (Fsp3) is 0.833. The number of amides is 2. The highest BCUT2D eigenvalue weighted by Gasteiger charge is 2.31. The Morgan fingerprint density at radius 3 is 2.08 bits per heavy atom. The summed E-state index contributed by atoms with van der Waals surface area (Å²) in [6, 6.07) is 0.408. The molecule has 0 aromatic carbocycles. The Morgan fingerprint density at radius 1 is 0.821 bits per heavy atom. The monoisotopic (exact) mass is 550 g/mol. The van der Waals surface area contributed by atoms with Gasteiger partial charge in [0.1, 0.15) is 25.4 Å². The van der Waals surface area contributed by atoms with Crippen LogP contribution < -0.4 is 0 Å². The van der Waals surface area contributed by atoms with Gasteiger partial charge in [-0.25, -0.2) is 0 Å². The number of carbonyl (C=O) groups excluding carboxylic acids is 5. The quantitative estimate of drug-likeness (QED) is 0.148. The molecule has 39 heavy (non-hydrogen) atoms. The van der Waals surface area contributed by atoms with E-state index in [1.807, 2.05) is 18.7 Å². The Balaban J connectivity index is 1.87. The number of rotatable bonds is 17. The molecule has 2 fully saturated rings. The first-order valence-electron chi connectivity index (χ1n) is 15.0. The zero-order valence-corrected chi connectivity index (χ0v) is 24.6. The first-order chi connectivity index (χ1) is 18.5. The number of ether oxygens (including phenoxy) is 2. The smallest absolute Gasteiger partial charge is 0.313 e. The summed E-state index contributed by atoms with van der Waals surface area (Å²) in [5, 5.41) is 0. The topological polar surface area (TPSA) is 110 Å². The average Bonchev–Trinajstić information content (AvgIpc) is 3.18. The van der Waals surface area contributed by atoms with Gasteiger partial charge in [0, 0.05) is 38.0 Å². The SMILES string of the molecule is CCC(CCCC(CCCC(C)(C)C(=O)OCCOC(=O)CC(C)=O)N1CCCCCC1=O)N1CCCC1=O. The molecule has 2 aliphatic rings. The van der Waals surface area contributed by atoms with Gasteiger partial charge in [-0.2, -0.15) is 0 Å². The Kier molecular flexibility index (Phi) is 14.0. The number of likely N-dealkylation sites (tertiary alicyclic amines) is 2. The van der Waals surface area contributed by atoms with Crippen molar-refractivity contribution in [1.82, 2.24) is 9.80 Å². The van der Waals surface area contributed by atoms with E-state index >= 15 is 0 Å². The molecule has 2 unspecified atom stereocenters. The lowest BCUT2D eigenvalue weighted by Crippen LogP contribution is -2.41. The van der Waals surface area contributed by atoms with Crippen molar-refractivity contribution in [3.05, 3.63) is 0 Å². The molecule has 2 atom stereocenters. The maximum Gasteiger partial charge on any atom is 0.313 e. The Morgan fingerprint density at radius 2 is 1.41 bits per heavy atom. The van der Waals surface area contributed by atoms with Crippen molar-refractivity contribution < 1.29 is 33.4 Å². The van der Waals surface area contributed by atoms with Crippen LogP contribution in [0.15, 0.2) is 0 Å². The zero-order valence-electron chi connectivity index (χ0n) is 24.6. The molecular weight excluding hydrogens is 500 g/mol. The van der Waals surface area contributed by atoms with Crippen LogP contribution in [-0.2, 0) is 33.4 Å². The second-order valence-corrected chi connectivity index (χ2v) is 11.7. The van der Waals surface area contributed by atoms with E-state index < -0.39 is 11.4 Å². The number of hydrogen-bond acceptors (Lipinski definition) is 7. The molecule has 9 nitrogen and oxygen atoms in total. The maximum absolute atomic E-state index is 12.9. The Bertz CT molecular complexity index is 841. The molecule has 0 radical (unpaired) electrons. The van der Waals surface area contributed by atoms with E-state index in [4.69, 9.17) is 9.47 Å². The predicted molar refractivity (Wildman–Crippen MR) is 148 cm³/mol. The van der Waals surface area contributed by atoms with E-state index in [9.17, 15) is 24.0 Å². The van der Waals surface area contributed by atoms with Crippen molar-refractivity contribution in [2.75, 3.05) is 26.3 Å². The van der Waals surface area contributed by atoms with Gasteiger partial charge in [-0.3, -0.25) is 24.0 Å². The molecule has 0 aromatic heterocycles. The molecule has 2 saturated heterocycles. The number of hydrogen-bond donors (Lipinski definition) is 0. The fourth-order valence-corrected chi connectivity index (χ4v) is 5.69. The van der Waals surface area contributed by atoms with Crippen LogP contribution in [0.4, 0.5) is 0 Å². The molecular formula is C30H50N2O7.